The normalized spacial score (nSPS) is 12.2. The fraction of sp³-hybridized carbons (Fsp3) is 0.217. The Morgan fingerprint density at radius 1 is 0.971 bits per heavy atom. The molecule has 1 aliphatic heterocycles. The van der Waals surface area contributed by atoms with Crippen LogP contribution >= 0.6 is 0 Å². The topological polar surface area (TPSA) is 138 Å². The molecule has 0 unspecified atom stereocenters. The molecule has 0 saturated heterocycles. The zero-order valence-electron chi connectivity index (χ0n) is 18.9. The lowest BCUT2D eigenvalue weighted by Crippen LogP contribution is -2.07. The molecule has 11 heteroatoms. The van der Waals surface area contributed by atoms with Gasteiger partial charge in [0.05, 0.1) is 28.4 Å². The van der Waals surface area contributed by atoms with Crippen molar-refractivity contribution in [2.45, 2.75) is 0 Å². The number of ether oxygens (including phenoxy) is 6. The SMILES string of the molecule is COC(=O)/C(=C/c1cc2c(cc1/C=C/c1ccc(OC)c(OC)c1C(=O)OC)OCO2)N=[N+]=[N-]. The van der Waals surface area contributed by atoms with Crippen molar-refractivity contribution in [3.8, 4) is 23.0 Å². The molecule has 1 heterocycles. The van der Waals surface area contributed by atoms with Gasteiger partial charge in [-0.3, -0.25) is 0 Å². The van der Waals surface area contributed by atoms with E-state index in [4.69, 9.17) is 29.2 Å². The van der Waals surface area contributed by atoms with Crippen LogP contribution in [0.1, 0.15) is 27.0 Å². The third-order valence-corrected chi connectivity index (χ3v) is 4.83. The van der Waals surface area contributed by atoms with Gasteiger partial charge in [0, 0.05) is 4.91 Å². The van der Waals surface area contributed by atoms with Gasteiger partial charge in [0.1, 0.15) is 11.3 Å². The number of azide groups is 1. The van der Waals surface area contributed by atoms with Crippen LogP contribution in [0.25, 0.3) is 28.7 Å². The molecule has 2 aromatic carbocycles. The number of carbonyl (C=O) groups excluding carboxylic acids is 2. The number of carbonyl (C=O) groups is 2. The maximum absolute atomic E-state index is 12.5. The first-order valence-electron chi connectivity index (χ1n) is 9.77. The Kier molecular flexibility index (Phi) is 7.63. The van der Waals surface area contributed by atoms with E-state index in [-0.39, 0.29) is 23.8 Å². The summed E-state index contributed by atoms with van der Waals surface area (Å²) < 4.78 is 31.1. The van der Waals surface area contributed by atoms with Crippen LogP contribution in [0.4, 0.5) is 0 Å². The Morgan fingerprint density at radius 3 is 2.24 bits per heavy atom. The van der Waals surface area contributed by atoms with Crippen molar-refractivity contribution in [1.82, 2.24) is 0 Å². The summed E-state index contributed by atoms with van der Waals surface area (Å²) in [5, 5.41) is 3.41. The van der Waals surface area contributed by atoms with E-state index in [1.54, 1.807) is 36.4 Å². The summed E-state index contributed by atoms with van der Waals surface area (Å²) in [5.74, 6) is 0.105. The largest absolute Gasteiger partial charge is 0.493 e. The summed E-state index contributed by atoms with van der Waals surface area (Å²) in [4.78, 5) is 27.2. The smallest absolute Gasteiger partial charge is 0.342 e. The van der Waals surface area contributed by atoms with E-state index in [1.165, 1.54) is 34.5 Å². The zero-order chi connectivity index (χ0) is 24.7. The van der Waals surface area contributed by atoms with Crippen molar-refractivity contribution in [3.05, 3.63) is 62.7 Å². The minimum absolute atomic E-state index is 0.0357. The molecule has 0 saturated carbocycles. The molecule has 0 aliphatic carbocycles. The fourth-order valence-corrected chi connectivity index (χ4v) is 3.24. The van der Waals surface area contributed by atoms with Gasteiger partial charge < -0.3 is 28.4 Å². The van der Waals surface area contributed by atoms with E-state index in [2.05, 4.69) is 14.8 Å². The lowest BCUT2D eigenvalue weighted by atomic mass is 10.0. The van der Waals surface area contributed by atoms with E-state index in [9.17, 15) is 9.59 Å². The number of methoxy groups -OCH3 is 4. The van der Waals surface area contributed by atoms with Gasteiger partial charge in [-0.15, -0.1) is 0 Å². The second kappa shape index (κ2) is 10.8. The van der Waals surface area contributed by atoms with Crippen molar-refractivity contribution in [2.75, 3.05) is 35.2 Å². The van der Waals surface area contributed by atoms with Gasteiger partial charge in [-0.2, -0.15) is 0 Å². The number of fused-ring (bicyclic) bond motifs is 1. The quantitative estimate of drug-likeness (QED) is 0.140. The molecule has 0 amide bonds. The lowest BCUT2D eigenvalue weighted by Gasteiger charge is -2.14. The van der Waals surface area contributed by atoms with E-state index >= 15 is 0 Å². The van der Waals surface area contributed by atoms with Crippen LogP contribution in [0.3, 0.4) is 0 Å². The van der Waals surface area contributed by atoms with Crippen molar-refractivity contribution < 1.29 is 38.0 Å². The Balaban J connectivity index is 2.17. The van der Waals surface area contributed by atoms with E-state index in [0.717, 1.165) is 0 Å². The highest BCUT2D eigenvalue weighted by Gasteiger charge is 2.22. The molecule has 176 valence electrons. The van der Waals surface area contributed by atoms with E-state index in [1.807, 2.05) is 0 Å². The summed E-state index contributed by atoms with van der Waals surface area (Å²) in [6.07, 6.45) is 4.71. The van der Waals surface area contributed by atoms with Crippen molar-refractivity contribution in [1.29, 1.82) is 0 Å². The first-order valence-corrected chi connectivity index (χ1v) is 9.77. The lowest BCUT2D eigenvalue weighted by molar-refractivity contribution is -0.136. The minimum Gasteiger partial charge on any atom is -0.493 e. The third-order valence-electron chi connectivity index (χ3n) is 4.83. The molecule has 0 bridgehead atoms. The van der Waals surface area contributed by atoms with Gasteiger partial charge in [-0.25, -0.2) is 9.59 Å². The number of rotatable bonds is 8. The van der Waals surface area contributed by atoms with Crippen molar-refractivity contribution >= 4 is 30.2 Å². The number of hydrogen-bond acceptors (Lipinski definition) is 9. The number of nitrogens with zero attached hydrogens (tertiary/aromatic N) is 3. The molecular weight excluding hydrogens is 446 g/mol. The summed E-state index contributed by atoms with van der Waals surface area (Å²) >= 11 is 0. The summed E-state index contributed by atoms with van der Waals surface area (Å²) in [6, 6.07) is 6.65. The third kappa shape index (κ3) is 4.89. The fourth-order valence-electron chi connectivity index (χ4n) is 3.24. The van der Waals surface area contributed by atoms with Gasteiger partial charge in [0.25, 0.3) is 0 Å². The van der Waals surface area contributed by atoms with Gasteiger partial charge in [-0.1, -0.05) is 23.3 Å². The maximum atomic E-state index is 12.5. The maximum Gasteiger partial charge on any atom is 0.342 e. The van der Waals surface area contributed by atoms with Crippen LogP contribution in [-0.2, 0) is 14.3 Å². The number of benzene rings is 2. The van der Waals surface area contributed by atoms with E-state index < -0.39 is 11.9 Å². The van der Waals surface area contributed by atoms with Crippen molar-refractivity contribution in [3.63, 3.8) is 0 Å². The molecule has 0 atom stereocenters. The van der Waals surface area contributed by atoms with Crippen LogP contribution in [0.5, 0.6) is 23.0 Å². The van der Waals surface area contributed by atoms with E-state index in [0.29, 0.717) is 33.9 Å². The molecule has 0 fully saturated rings. The highest BCUT2D eigenvalue weighted by Crippen LogP contribution is 2.38. The van der Waals surface area contributed by atoms with Crippen molar-refractivity contribution in [2.24, 2.45) is 5.11 Å². The molecule has 34 heavy (non-hydrogen) atoms. The Morgan fingerprint density at radius 2 is 1.65 bits per heavy atom. The van der Waals surface area contributed by atoms with Gasteiger partial charge >= 0.3 is 11.9 Å². The van der Waals surface area contributed by atoms with Crippen LogP contribution in [-0.4, -0.2) is 47.2 Å². The van der Waals surface area contributed by atoms with Crippen LogP contribution < -0.4 is 18.9 Å². The zero-order valence-corrected chi connectivity index (χ0v) is 18.9. The average molecular weight is 467 g/mol. The summed E-state index contributed by atoms with van der Waals surface area (Å²) in [7, 11) is 5.32. The Hall–Kier alpha value is -4.63. The first-order chi connectivity index (χ1) is 16.5. The predicted molar refractivity (Wildman–Crippen MR) is 122 cm³/mol. The molecule has 2 aromatic rings. The minimum atomic E-state index is -0.807. The number of hydrogen-bond donors (Lipinski definition) is 0. The van der Waals surface area contributed by atoms with Gasteiger partial charge in [-0.05, 0) is 46.5 Å². The highest BCUT2D eigenvalue weighted by molar-refractivity contribution is 5.99. The molecule has 0 radical (unpaired) electrons. The molecular formula is C23H21N3O8. The van der Waals surface area contributed by atoms with Crippen LogP contribution in [0, 0.1) is 0 Å². The molecule has 1 aliphatic rings. The Labute approximate surface area is 194 Å². The van der Waals surface area contributed by atoms with Crippen LogP contribution in [0.2, 0.25) is 0 Å². The molecule has 11 nitrogen and oxygen atoms in total. The molecule has 0 spiro atoms. The monoisotopic (exact) mass is 467 g/mol. The van der Waals surface area contributed by atoms with Crippen LogP contribution in [0.15, 0.2) is 35.1 Å². The summed E-state index contributed by atoms with van der Waals surface area (Å²) in [6.45, 7) is 0.0357. The second-order valence-electron chi connectivity index (χ2n) is 6.64. The van der Waals surface area contributed by atoms with Gasteiger partial charge in [0.2, 0.25) is 6.79 Å². The summed E-state index contributed by atoms with van der Waals surface area (Å²) in [5.41, 5.74) is 10.3. The Bertz CT molecular complexity index is 1230. The molecule has 3 rings (SSSR count). The second-order valence-corrected chi connectivity index (χ2v) is 6.64. The standard InChI is InChI=1S/C23H21N3O8/c1-29-17-8-7-13(20(21(17)30-2)23(28)32-4)5-6-14-10-18-19(34-12-33-18)11-15(14)9-16(25-26-24)22(27)31-3/h5-11H,12H2,1-4H3/b6-5+,16-9-. The molecule has 0 N–H and O–H groups in total. The predicted octanol–water partition coefficient (Wildman–Crippen LogP) is 4.21. The van der Waals surface area contributed by atoms with Gasteiger partial charge in [0.15, 0.2) is 23.0 Å². The average Bonchev–Trinajstić information content (AvgIpc) is 3.32. The first kappa shape index (κ1) is 24.0. The molecule has 0 aromatic heterocycles. The highest BCUT2D eigenvalue weighted by atomic mass is 16.7. The number of esters is 2.